The van der Waals surface area contributed by atoms with Crippen LogP contribution in [0.2, 0.25) is 0 Å². The maximum absolute atomic E-state index is 10.4. The number of nitro benzene ring substituents is 1. The Morgan fingerprint density at radius 1 is 1.14 bits per heavy atom. The van der Waals surface area contributed by atoms with Crippen LogP contribution in [0.15, 0.2) is 24.3 Å². The van der Waals surface area contributed by atoms with Gasteiger partial charge in [0.15, 0.2) is 0 Å². The third-order valence-electron chi connectivity index (χ3n) is 1.38. The van der Waals surface area contributed by atoms with E-state index in [1.54, 1.807) is 0 Å². The quantitative estimate of drug-likeness (QED) is 0.299. The van der Waals surface area contributed by atoms with Crippen molar-refractivity contribution in [2.24, 2.45) is 0 Å². The monoisotopic (exact) mass is 264 g/mol. The van der Waals surface area contributed by atoms with E-state index in [4.69, 9.17) is 0 Å². The van der Waals surface area contributed by atoms with Gasteiger partial charge in [-0.15, -0.1) is 0 Å². The van der Waals surface area contributed by atoms with Crippen molar-refractivity contribution in [3.63, 3.8) is 0 Å². The van der Waals surface area contributed by atoms with E-state index in [2.05, 4.69) is 0 Å². The number of nitrogens with zero attached hydrogens (tertiary/aromatic N) is 1. The van der Waals surface area contributed by atoms with Crippen LogP contribution in [0.5, 0.6) is 0 Å². The van der Waals surface area contributed by atoms with E-state index >= 15 is 0 Å². The second kappa shape index (κ2) is 4.68. The van der Waals surface area contributed by atoms with Crippen molar-refractivity contribution in [3.05, 3.63) is 34.4 Å². The molecule has 0 aromatic heterocycles. The third kappa shape index (κ3) is 3.21. The molecule has 0 fully saturated rings. The van der Waals surface area contributed by atoms with Crippen molar-refractivity contribution < 1.29 is 36.3 Å². The molecule has 0 N–H and O–H groups in total. The third-order valence-corrected chi connectivity index (χ3v) is 2.31. The first-order valence-corrected chi connectivity index (χ1v) is 4.72. The molecule has 1 aromatic rings. The molecular formula is C6H4CuNO5P. The van der Waals surface area contributed by atoms with E-state index < -0.39 is 17.8 Å². The van der Waals surface area contributed by atoms with Crippen molar-refractivity contribution in [1.82, 2.24) is 0 Å². The van der Waals surface area contributed by atoms with Gasteiger partial charge in [-0.25, -0.2) is 0 Å². The molecule has 0 aliphatic heterocycles. The van der Waals surface area contributed by atoms with Crippen molar-refractivity contribution in [2.75, 3.05) is 0 Å². The van der Waals surface area contributed by atoms with Crippen LogP contribution in [-0.2, 0) is 21.6 Å². The van der Waals surface area contributed by atoms with Gasteiger partial charge in [0.2, 0.25) is 0 Å². The summed E-state index contributed by atoms with van der Waals surface area (Å²) in [6.07, 6.45) is 0. The average molecular weight is 265 g/mol. The van der Waals surface area contributed by atoms with Crippen LogP contribution in [0.4, 0.5) is 5.69 Å². The summed E-state index contributed by atoms with van der Waals surface area (Å²) >= 11 is 0. The van der Waals surface area contributed by atoms with E-state index in [0.717, 1.165) is 24.3 Å². The zero-order chi connectivity index (χ0) is 10.1. The fraction of sp³-hybridized carbons (Fsp3) is 0. The normalized spacial score (nSPS) is 10.4. The Morgan fingerprint density at radius 3 is 1.86 bits per heavy atom. The van der Waals surface area contributed by atoms with E-state index in [9.17, 15) is 24.5 Å². The van der Waals surface area contributed by atoms with Crippen molar-refractivity contribution in [2.45, 2.75) is 0 Å². The van der Waals surface area contributed by atoms with Gasteiger partial charge in [0.1, 0.15) is 0 Å². The number of hydrogen-bond acceptors (Lipinski definition) is 5. The number of hydrogen-bond donors (Lipinski definition) is 0. The molecule has 0 amide bonds. The second-order valence-corrected chi connectivity index (χ2v) is 3.78. The Balaban J connectivity index is 0.00000169. The summed E-state index contributed by atoms with van der Waals surface area (Å²) in [5.74, 6) is 0. The predicted molar refractivity (Wildman–Crippen MR) is 40.3 cm³/mol. The van der Waals surface area contributed by atoms with Gasteiger partial charge in [-0.05, 0) is 25.0 Å². The summed E-state index contributed by atoms with van der Waals surface area (Å²) in [5, 5.41) is 9.70. The summed E-state index contributed by atoms with van der Waals surface area (Å²) in [5.41, 5.74) is -0.253. The SMILES string of the molecule is O=[N+]([O-])c1ccc(P(=O)([O-])[O-])cc1.[Cu+2]. The van der Waals surface area contributed by atoms with Crippen LogP contribution in [0, 0.1) is 10.1 Å². The standard InChI is InChI=1S/C6H6NO5P.Cu/c8-7(9)5-1-3-6(4-2-5)13(10,11)12;/h1-4H,(H2,10,11,12);/q;+2/p-2. The fourth-order valence-corrected chi connectivity index (χ4v) is 1.27. The first kappa shape index (κ1) is 13.3. The molecule has 79 valence electrons. The molecule has 0 bridgehead atoms. The summed E-state index contributed by atoms with van der Waals surface area (Å²) in [6, 6.07) is 3.77. The Kier molecular flexibility index (Phi) is 4.44. The Labute approximate surface area is 89.7 Å². The van der Waals surface area contributed by atoms with Crippen LogP contribution in [-0.4, -0.2) is 4.92 Å². The van der Waals surface area contributed by atoms with Crippen molar-refractivity contribution in [1.29, 1.82) is 0 Å². The van der Waals surface area contributed by atoms with Gasteiger partial charge >= 0.3 is 17.1 Å². The van der Waals surface area contributed by atoms with E-state index in [1.165, 1.54) is 0 Å². The minimum absolute atomic E-state index is 0. The molecule has 0 saturated heterocycles. The van der Waals surface area contributed by atoms with E-state index in [1.807, 2.05) is 0 Å². The molecule has 14 heavy (non-hydrogen) atoms. The minimum atomic E-state index is -4.79. The Morgan fingerprint density at radius 2 is 1.57 bits per heavy atom. The molecule has 6 nitrogen and oxygen atoms in total. The number of benzene rings is 1. The van der Waals surface area contributed by atoms with Gasteiger partial charge in [-0.2, -0.15) is 0 Å². The first-order valence-electron chi connectivity index (χ1n) is 3.18. The van der Waals surface area contributed by atoms with Gasteiger partial charge in [0.25, 0.3) is 5.69 Å². The zero-order valence-electron chi connectivity index (χ0n) is 6.55. The molecular weight excluding hydrogens is 261 g/mol. The van der Waals surface area contributed by atoms with Crippen LogP contribution in [0.25, 0.3) is 0 Å². The maximum Gasteiger partial charge on any atom is 2.00 e. The van der Waals surface area contributed by atoms with Crippen molar-refractivity contribution >= 4 is 18.6 Å². The van der Waals surface area contributed by atoms with Crippen LogP contribution in [0.3, 0.4) is 0 Å². The van der Waals surface area contributed by atoms with Gasteiger partial charge in [-0.3, -0.25) is 10.1 Å². The minimum Gasteiger partial charge on any atom is -0.807 e. The molecule has 0 heterocycles. The van der Waals surface area contributed by atoms with Crippen LogP contribution in [0.1, 0.15) is 0 Å². The van der Waals surface area contributed by atoms with Gasteiger partial charge in [-0.1, -0.05) is 0 Å². The molecule has 0 spiro atoms. The first-order chi connectivity index (χ1) is 5.91. The van der Waals surface area contributed by atoms with Crippen molar-refractivity contribution in [3.8, 4) is 0 Å². The topological polar surface area (TPSA) is 106 Å². The summed E-state index contributed by atoms with van der Waals surface area (Å²) in [7, 11) is -4.79. The largest absolute Gasteiger partial charge is 2.00 e. The predicted octanol–water partition coefficient (Wildman–Crippen LogP) is -0.869. The number of rotatable bonds is 2. The summed E-state index contributed by atoms with van der Waals surface area (Å²) < 4.78 is 10.4. The maximum atomic E-state index is 10.4. The molecule has 0 atom stereocenters. The van der Waals surface area contributed by atoms with Crippen LogP contribution >= 0.6 is 7.60 Å². The molecule has 0 saturated carbocycles. The van der Waals surface area contributed by atoms with E-state index in [-0.39, 0.29) is 22.8 Å². The fourth-order valence-electron chi connectivity index (χ4n) is 0.757. The Hall–Kier alpha value is -0.711. The zero-order valence-corrected chi connectivity index (χ0v) is 8.38. The van der Waals surface area contributed by atoms with Gasteiger partial charge in [0, 0.05) is 12.1 Å². The van der Waals surface area contributed by atoms with Gasteiger partial charge < -0.3 is 14.4 Å². The van der Waals surface area contributed by atoms with Gasteiger partial charge in [0.05, 0.1) is 4.92 Å². The summed E-state index contributed by atoms with van der Waals surface area (Å²) in [6.45, 7) is 0. The van der Waals surface area contributed by atoms with E-state index in [0.29, 0.717) is 0 Å². The molecule has 1 aromatic carbocycles. The second-order valence-electron chi connectivity index (χ2n) is 2.27. The smallest absolute Gasteiger partial charge is 0.807 e. The average Bonchev–Trinajstić information content (AvgIpc) is 2.03. The van der Waals surface area contributed by atoms with Crippen LogP contribution < -0.4 is 15.1 Å². The molecule has 0 aliphatic rings. The summed E-state index contributed by atoms with van der Waals surface area (Å²) in [4.78, 5) is 30.3. The molecule has 1 rings (SSSR count). The molecule has 8 heteroatoms. The number of nitro groups is 1. The number of non-ortho nitro benzene ring substituents is 1. The molecule has 1 radical (unpaired) electrons. The molecule has 0 unspecified atom stereocenters. The molecule has 0 aliphatic carbocycles. The Bertz CT molecular complexity index is 372.